The van der Waals surface area contributed by atoms with E-state index in [4.69, 9.17) is 4.74 Å². The maximum atomic E-state index is 12.9. The summed E-state index contributed by atoms with van der Waals surface area (Å²) in [7, 11) is 1.56. The van der Waals surface area contributed by atoms with Gasteiger partial charge in [-0.05, 0) is 29.8 Å². The van der Waals surface area contributed by atoms with Crippen LogP contribution in [0.3, 0.4) is 0 Å². The van der Waals surface area contributed by atoms with Gasteiger partial charge in [-0.25, -0.2) is 4.98 Å². The van der Waals surface area contributed by atoms with Gasteiger partial charge >= 0.3 is 5.91 Å². The van der Waals surface area contributed by atoms with Crippen LogP contribution in [0.25, 0.3) is 5.76 Å². The molecule has 6 nitrogen and oxygen atoms in total. The highest BCUT2D eigenvalue weighted by Crippen LogP contribution is 2.43. The fraction of sp³-hybridized carbons (Fsp3) is 0.0952. The Morgan fingerprint density at radius 1 is 1.14 bits per heavy atom. The first kappa shape index (κ1) is 19.4. The first-order chi connectivity index (χ1) is 14.0. The van der Waals surface area contributed by atoms with Crippen molar-refractivity contribution in [2.45, 2.75) is 6.04 Å². The van der Waals surface area contributed by atoms with Crippen molar-refractivity contribution in [1.82, 2.24) is 4.98 Å². The second kappa shape index (κ2) is 7.81. The van der Waals surface area contributed by atoms with Gasteiger partial charge < -0.3 is 9.84 Å². The van der Waals surface area contributed by atoms with Crippen LogP contribution in [0.4, 0.5) is 5.13 Å². The van der Waals surface area contributed by atoms with Gasteiger partial charge in [0.2, 0.25) is 0 Å². The molecule has 1 aliphatic rings. The number of ether oxygens (including phenoxy) is 1. The minimum absolute atomic E-state index is 0.0256. The third-order valence-corrected chi connectivity index (χ3v) is 5.92. The molecule has 0 bridgehead atoms. The maximum absolute atomic E-state index is 12.9. The Kier molecular flexibility index (Phi) is 5.21. The monoisotopic (exact) mass is 470 g/mol. The lowest BCUT2D eigenvalue weighted by molar-refractivity contribution is -0.132. The molecule has 1 aromatic heterocycles. The molecule has 0 spiro atoms. The number of benzene rings is 2. The number of halogens is 1. The second-order valence-electron chi connectivity index (χ2n) is 6.26. The quantitative estimate of drug-likeness (QED) is 0.344. The van der Waals surface area contributed by atoms with E-state index in [-0.39, 0.29) is 11.3 Å². The first-order valence-electron chi connectivity index (χ1n) is 8.61. The second-order valence-corrected chi connectivity index (χ2v) is 8.05. The number of aliphatic hydroxyl groups excluding tert-OH is 1. The van der Waals surface area contributed by atoms with Crippen molar-refractivity contribution in [1.29, 1.82) is 0 Å². The third kappa shape index (κ3) is 3.45. The largest absolute Gasteiger partial charge is 0.507 e. The molecular formula is C21H15BrN2O4S. The van der Waals surface area contributed by atoms with E-state index >= 15 is 0 Å². The molecule has 8 heteroatoms. The van der Waals surface area contributed by atoms with E-state index in [1.165, 1.54) is 16.2 Å². The van der Waals surface area contributed by atoms with Crippen LogP contribution in [0.2, 0.25) is 0 Å². The van der Waals surface area contributed by atoms with Gasteiger partial charge in [-0.3, -0.25) is 14.5 Å². The number of amides is 1. The van der Waals surface area contributed by atoms with Gasteiger partial charge in [0.15, 0.2) is 5.13 Å². The number of thiazole rings is 1. The van der Waals surface area contributed by atoms with Crippen molar-refractivity contribution >= 4 is 49.8 Å². The number of hydrogen-bond donors (Lipinski definition) is 1. The summed E-state index contributed by atoms with van der Waals surface area (Å²) in [5.74, 6) is -1.05. The molecule has 146 valence electrons. The van der Waals surface area contributed by atoms with Crippen molar-refractivity contribution in [3.8, 4) is 5.75 Å². The molecule has 29 heavy (non-hydrogen) atoms. The molecule has 0 aliphatic carbocycles. The van der Waals surface area contributed by atoms with E-state index in [1.807, 2.05) is 0 Å². The Bertz CT molecular complexity index is 1090. The molecule has 4 rings (SSSR count). The van der Waals surface area contributed by atoms with Gasteiger partial charge in [-0.1, -0.05) is 40.2 Å². The molecule has 0 unspecified atom stereocenters. The van der Waals surface area contributed by atoms with Gasteiger partial charge in [-0.2, -0.15) is 0 Å². The molecule has 2 heterocycles. The van der Waals surface area contributed by atoms with E-state index < -0.39 is 17.7 Å². The fourth-order valence-electron chi connectivity index (χ4n) is 3.23. The summed E-state index contributed by atoms with van der Waals surface area (Å²) in [4.78, 5) is 31.3. The standard InChI is InChI=1S/C21H15BrN2O4S/c1-28-15-8-4-12(5-9-15)17-16(18(25)13-2-6-14(22)7-3-13)19(26)20(27)24(17)21-23-10-11-29-21/h2-11,17,25H,1H3/t17-/m1/s1. The highest BCUT2D eigenvalue weighted by molar-refractivity contribution is 9.10. The average molecular weight is 471 g/mol. The number of nitrogens with zero attached hydrogens (tertiary/aromatic N) is 2. The number of anilines is 1. The zero-order chi connectivity index (χ0) is 20.5. The van der Waals surface area contributed by atoms with Crippen molar-refractivity contribution in [3.63, 3.8) is 0 Å². The number of hydrogen-bond acceptors (Lipinski definition) is 6. The van der Waals surface area contributed by atoms with Crippen LogP contribution < -0.4 is 9.64 Å². The van der Waals surface area contributed by atoms with Crippen molar-refractivity contribution in [2.75, 3.05) is 12.0 Å². The topological polar surface area (TPSA) is 79.7 Å². The average Bonchev–Trinajstić information content (AvgIpc) is 3.35. The Labute approximate surface area is 179 Å². The Hall–Kier alpha value is -2.97. The molecule has 1 aliphatic heterocycles. The zero-order valence-corrected chi connectivity index (χ0v) is 17.6. The van der Waals surface area contributed by atoms with Crippen LogP contribution in [0, 0.1) is 0 Å². The number of rotatable bonds is 4. The number of aromatic nitrogens is 1. The van der Waals surface area contributed by atoms with Gasteiger partial charge in [0.05, 0.1) is 18.7 Å². The number of ketones is 1. The number of carbonyl (C=O) groups excluding carboxylic acids is 2. The number of carbonyl (C=O) groups is 2. The molecule has 1 saturated heterocycles. The highest BCUT2D eigenvalue weighted by Gasteiger charge is 2.47. The Balaban J connectivity index is 1.91. The van der Waals surface area contributed by atoms with E-state index in [1.54, 1.807) is 67.2 Å². The van der Waals surface area contributed by atoms with Crippen molar-refractivity contribution in [3.05, 3.63) is 81.3 Å². The summed E-state index contributed by atoms with van der Waals surface area (Å²) in [6.07, 6.45) is 1.57. The van der Waals surface area contributed by atoms with Crippen LogP contribution in [0.15, 0.2) is 70.2 Å². The molecule has 2 aromatic carbocycles. The maximum Gasteiger partial charge on any atom is 0.301 e. The minimum Gasteiger partial charge on any atom is -0.507 e. The minimum atomic E-state index is -0.796. The summed E-state index contributed by atoms with van der Waals surface area (Å²) in [5, 5.41) is 13.1. The normalized spacial score (nSPS) is 18.3. The molecule has 1 N–H and O–H groups in total. The van der Waals surface area contributed by atoms with Crippen LogP contribution >= 0.6 is 27.3 Å². The van der Waals surface area contributed by atoms with Crippen molar-refractivity contribution < 1.29 is 19.4 Å². The molecular weight excluding hydrogens is 456 g/mol. The number of Topliss-reactive ketones (excluding diaryl/α,β-unsaturated/α-hetero) is 1. The van der Waals surface area contributed by atoms with Crippen LogP contribution in [0.1, 0.15) is 17.2 Å². The smallest absolute Gasteiger partial charge is 0.301 e. The van der Waals surface area contributed by atoms with Gasteiger partial charge in [0, 0.05) is 21.6 Å². The lowest BCUT2D eigenvalue weighted by Crippen LogP contribution is -2.29. The molecule has 3 aromatic rings. The van der Waals surface area contributed by atoms with Gasteiger partial charge in [0.25, 0.3) is 5.78 Å². The SMILES string of the molecule is COc1ccc([C@@H]2C(=C(O)c3ccc(Br)cc3)C(=O)C(=O)N2c2nccs2)cc1. The Morgan fingerprint density at radius 3 is 2.41 bits per heavy atom. The van der Waals surface area contributed by atoms with Crippen molar-refractivity contribution in [2.24, 2.45) is 0 Å². The summed E-state index contributed by atoms with van der Waals surface area (Å²) >= 11 is 4.60. The molecule has 1 amide bonds. The van der Waals surface area contributed by atoms with E-state index in [9.17, 15) is 14.7 Å². The summed E-state index contributed by atoms with van der Waals surface area (Å²) in [6, 6.07) is 13.1. The van der Waals surface area contributed by atoms with E-state index in [0.29, 0.717) is 22.0 Å². The third-order valence-electron chi connectivity index (χ3n) is 4.62. The molecule has 0 saturated carbocycles. The first-order valence-corrected chi connectivity index (χ1v) is 10.3. The van der Waals surface area contributed by atoms with Gasteiger partial charge in [0.1, 0.15) is 11.5 Å². The Morgan fingerprint density at radius 2 is 1.83 bits per heavy atom. The van der Waals surface area contributed by atoms with E-state index in [2.05, 4.69) is 20.9 Å². The molecule has 0 radical (unpaired) electrons. The highest BCUT2D eigenvalue weighted by atomic mass is 79.9. The summed E-state index contributed by atoms with van der Waals surface area (Å²) < 4.78 is 6.04. The lowest BCUT2D eigenvalue weighted by atomic mass is 9.95. The summed E-state index contributed by atoms with van der Waals surface area (Å²) in [5.41, 5.74) is 1.14. The van der Waals surface area contributed by atoms with E-state index in [0.717, 1.165) is 4.47 Å². The van der Waals surface area contributed by atoms with Crippen LogP contribution in [0.5, 0.6) is 5.75 Å². The molecule has 1 atom stereocenters. The zero-order valence-electron chi connectivity index (χ0n) is 15.2. The predicted octanol–water partition coefficient (Wildman–Crippen LogP) is 4.54. The fourth-order valence-corrected chi connectivity index (χ4v) is 4.16. The number of methoxy groups -OCH3 is 1. The number of aliphatic hydroxyl groups is 1. The van der Waals surface area contributed by atoms with Gasteiger partial charge in [-0.15, -0.1) is 11.3 Å². The molecule has 1 fully saturated rings. The summed E-state index contributed by atoms with van der Waals surface area (Å²) in [6.45, 7) is 0. The lowest BCUT2D eigenvalue weighted by Gasteiger charge is -2.23. The predicted molar refractivity (Wildman–Crippen MR) is 114 cm³/mol. The van der Waals surface area contributed by atoms with Crippen LogP contribution in [-0.4, -0.2) is 28.9 Å². The van der Waals surface area contributed by atoms with Crippen LogP contribution in [-0.2, 0) is 9.59 Å².